The van der Waals surface area contributed by atoms with Crippen LogP contribution in [0.15, 0.2) is 12.1 Å². The lowest BCUT2D eigenvalue weighted by Gasteiger charge is -2.14. The highest BCUT2D eigenvalue weighted by atomic mass is 14.1. The van der Waals surface area contributed by atoms with Gasteiger partial charge in [-0.25, -0.2) is 0 Å². The summed E-state index contributed by atoms with van der Waals surface area (Å²) < 4.78 is 0. The van der Waals surface area contributed by atoms with Gasteiger partial charge in [-0.05, 0) is 73.6 Å². The van der Waals surface area contributed by atoms with E-state index >= 15 is 0 Å². The van der Waals surface area contributed by atoms with Gasteiger partial charge in [-0.2, -0.15) is 0 Å². The van der Waals surface area contributed by atoms with Crippen molar-refractivity contribution in [2.24, 2.45) is 11.8 Å². The highest BCUT2D eigenvalue weighted by molar-refractivity contribution is 5.37. The lowest BCUT2D eigenvalue weighted by atomic mass is 9.92. The lowest BCUT2D eigenvalue weighted by molar-refractivity contribution is 0.581. The van der Waals surface area contributed by atoms with Crippen LogP contribution in [-0.4, -0.2) is 0 Å². The lowest BCUT2D eigenvalue weighted by Crippen LogP contribution is -2.00. The van der Waals surface area contributed by atoms with Crippen molar-refractivity contribution in [3.8, 4) is 0 Å². The molecule has 0 nitrogen and oxygen atoms in total. The molecule has 0 fully saturated rings. The molecule has 0 aliphatic rings. The molecule has 1 rings (SSSR count). The maximum atomic E-state index is 2.42. The van der Waals surface area contributed by atoms with Crippen molar-refractivity contribution in [2.75, 3.05) is 0 Å². The van der Waals surface area contributed by atoms with Crippen LogP contribution < -0.4 is 0 Å². The fraction of sp³-hybridized carbons (Fsp3) is 0.667. The summed E-state index contributed by atoms with van der Waals surface area (Å²) in [7, 11) is 0. The molecule has 0 saturated heterocycles. The molecular formula is C18H30. The second-order valence-electron chi connectivity index (χ2n) is 6.57. The molecule has 0 amide bonds. The summed E-state index contributed by atoms with van der Waals surface area (Å²) in [6.07, 6.45) is 5.06. The summed E-state index contributed by atoms with van der Waals surface area (Å²) in [4.78, 5) is 0. The molecule has 0 aliphatic carbocycles. The minimum absolute atomic E-state index is 0.797. The summed E-state index contributed by atoms with van der Waals surface area (Å²) in [6.45, 7) is 13.8. The van der Waals surface area contributed by atoms with Gasteiger partial charge in [0, 0.05) is 0 Å². The Bertz CT molecular complexity index is 334. The van der Waals surface area contributed by atoms with Gasteiger partial charge >= 0.3 is 0 Å². The van der Waals surface area contributed by atoms with E-state index in [0.717, 1.165) is 11.8 Å². The molecule has 102 valence electrons. The Morgan fingerprint density at radius 3 is 1.33 bits per heavy atom. The summed E-state index contributed by atoms with van der Waals surface area (Å²) in [5.41, 5.74) is 6.07. The van der Waals surface area contributed by atoms with Crippen molar-refractivity contribution in [2.45, 2.75) is 67.2 Å². The molecule has 0 heteroatoms. The van der Waals surface area contributed by atoms with Gasteiger partial charge in [-0.1, -0.05) is 39.8 Å². The van der Waals surface area contributed by atoms with E-state index in [2.05, 4.69) is 53.7 Å². The first kappa shape index (κ1) is 15.3. The van der Waals surface area contributed by atoms with Crippen molar-refractivity contribution in [3.63, 3.8) is 0 Å². The van der Waals surface area contributed by atoms with Crippen molar-refractivity contribution in [3.05, 3.63) is 34.4 Å². The molecule has 0 atom stereocenters. The predicted octanol–water partition coefficient (Wildman–Crippen LogP) is 5.48. The monoisotopic (exact) mass is 246 g/mol. The van der Waals surface area contributed by atoms with Gasteiger partial charge in [0.25, 0.3) is 0 Å². The van der Waals surface area contributed by atoms with E-state index in [0.29, 0.717) is 0 Å². The van der Waals surface area contributed by atoms with Crippen LogP contribution in [-0.2, 0) is 12.8 Å². The number of hydrogen-bond donors (Lipinski definition) is 0. The van der Waals surface area contributed by atoms with Crippen LogP contribution in [0.25, 0.3) is 0 Å². The Balaban J connectivity index is 2.76. The van der Waals surface area contributed by atoms with Crippen molar-refractivity contribution >= 4 is 0 Å². The molecule has 1 aromatic rings. The first-order valence-corrected chi connectivity index (χ1v) is 7.49. The topological polar surface area (TPSA) is 0 Å². The fourth-order valence-corrected chi connectivity index (χ4v) is 2.36. The van der Waals surface area contributed by atoms with E-state index in [1.54, 1.807) is 11.1 Å². The zero-order valence-corrected chi connectivity index (χ0v) is 13.1. The van der Waals surface area contributed by atoms with E-state index in [1.165, 1.54) is 36.8 Å². The largest absolute Gasteiger partial charge is 0.0628 e. The fourth-order valence-electron chi connectivity index (χ4n) is 2.36. The Kier molecular flexibility index (Phi) is 5.91. The highest BCUT2D eigenvalue weighted by Crippen LogP contribution is 2.21. The highest BCUT2D eigenvalue weighted by Gasteiger charge is 2.06. The van der Waals surface area contributed by atoms with Crippen molar-refractivity contribution in [1.82, 2.24) is 0 Å². The van der Waals surface area contributed by atoms with Crippen LogP contribution in [0, 0.1) is 25.7 Å². The van der Waals surface area contributed by atoms with Crippen LogP contribution in [0.2, 0.25) is 0 Å². The standard InChI is InChI=1S/C18H30/c1-13(2)7-9-17-11-16(6)18(12-15(17)5)10-8-14(3)4/h11-14H,7-10H2,1-6H3. The minimum atomic E-state index is 0.797. The van der Waals surface area contributed by atoms with Gasteiger partial charge in [-0.15, -0.1) is 0 Å². The van der Waals surface area contributed by atoms with E-state index in [9.17, 15) is 0 Å². The summed E-state index contributed by atoms with van der Waals surface area (Å²) >= 11 is 0. The molecule has 1 aromatic carbocycles. The summed E-state index contributed by atoms with van der Waals surface area (Å²) in [5.74, 6) is 1.59. The third-order valence-corrected chi connectivity index (χ3v) is 3.78. The molecule has 0 unspecified atom stereocenters. The van der Waals surface area contributed by atoms with E-state index < -0.39 is 0 Å². The summed E-state index contributed by atoms with van der Waals surface area (Å²) in [5, 5.41) is 0. The first-order valence-electron chi connectivity index (χ1n) is 7.49. The Labute approximate surface area is 114 Å². The van der Waals surface area contributed by atoms with Crippen LogP contribution in [0.3, 0.4) is 0 Å². The number of aryl methyl sites for hydroxylation is 4. The molecule has 18 heavy (non-hydrogen) atoms. The molecule has 0 N–H and O–H groups in total. The Hall–Kier alpha value is -0.780. The minimum Gasteiger partial charge on any atom is -0.0628 e. The average molecular weight is 246 g/mol. The molecule has 0 bridgehead atoms. The number of rotatable bonds is 6. The second kappa shape index (κ2) is 6.97. The van der Waals surface area contributed by atoms with E-state index in [1.807, 2.05) is 0 Å². The molecule has 0 aliphatic heterocycles. The third kappa shape index (κ3) is 4.84. The molecular weight excluding hydrogens is 216 g/mol. The van der Waals surface area contributed by atoms with Crippen LogP contribution in [0.4, 0.5) is 0 Å². The van der Waals surface area contributed by atoms with Gasteiger partial charge in [-0.3, -0.25) is 0 Å². The average Bonchev–Trinajstić information content (AvgIpc) is 2.27. The first-order chi connectivity index (χ1) is 8.40. The van der Waals surface area contributed by atoms with Crippen LogP contribution in [0.5, 0.6) is 0 Å². The normalized spacial score (nSPS) is 11.6. The SMILES string of the molecule is Cc1cc(CCC(C)C)c(C)cc1CCC(C)C. The van der Waals surface area contributed by atoms with Gasteiger partial charge < -0.3 is 0 Å². The third-order valence-electron chi connectivity index (χ3n) is 3.78. The van der Waals surface area contributed by atoms with Crippen LogP contribution in [0.1, 0.15) is 62.8 Å². The second-order valence-corrected chi connectivity index (χ2v) is 6.57. The molecule has 0 aromatic heterocycles. The molecule has 0 heterocycles. The smallest absolute Gasteiger partial charge is 0.0274 e. The zero-order valence-electron chi connectivity index (χ0n) is 13.1. The zero-order chi connectivity index (χ0) is 13.7. The van der Waals surface area contributed by atoms with Gasteiger partial charge in [0.1, 0.15) is 0 Å². The quantitative estimate of drug-likeness (QED) is 0.623. The Morgan fingerprint density at radius 1 is 0.722 bits per heavy atom. The van der Waals surface area contributed by atoms with Gasteiger partial charge in [0.05, 0.1) is 0 Å². The molecule has 0 spiro atoms. The summed E-state index contributed by atoms with van der Waals surface area (Å²) in [6, 6.07) is 4.85. The van der Waals surface area contributed by atoms with Crippen LogP contribution >= 0.6 is 0 Å². The molecule has 0 radical (unpaired) electrons. The Morgan fingerprint density at radius 2 is 1.06 bits per heavy atom. The van der Waals surface area contributed by atoms with E-state index in [4.69, 9.17) is 0 Å². The van der Waals surface area contributed by atoms with Crippen molar-refractivity contribution in [1.29, 1.82) is 0 Å². The van der Waals surface area contributed by atoms with Gasteiger partial charge in [0.2, 0.25) is 0 Å². The van der Waals surface area contributed by atoms with E-state index in [-0.39, 0.29) is 0 Å². The van der Waals surface area contributed by atoms with Gasteiger partial charge in [0.15, 0.2) is 0 Å². The maximum Gasteiger partial charge on any atom is -0.0274 e. The number of benzene rings is 1. The van der Waals surface area contributed by atoms with Crippen molar-refractivity contribution < 1.29 is 0 Å². The predicted molar refractivity (Wildman–Crippen MR) is 82.2 cm³/mol. The maximum absolute atomic E-state index is 2.42. The number of hydrogen-bond acceptors (Lipinski definition) is 0. The molecule has 0 saturated carbocycles.